The summed E-state index contributed by atoms with van der Waals surface area (Å²) in [7, 11) is 0. The first-order chi connectivity index (χ1) is 33.7. The topological polar surface area (TPSA) is 158 Å². The molecule has 8 saturated carbocycles. The van der Waals surface area contributed by atoms with Crippen LogP contribution in [0.4, 0.5) is 0 Å². The maximum absolute atomic E-state index is 12.3. The molecule has 0 aromatic carbocycles. The Morgan fingerprint density at radius 3 is 1.34 bits per heavy atom. The van der Waals surface area contributed by atoms with Crippen molar-refractivity contribution in [2.75, 3.05) is 6.54 Å². The molecule has 0 spiro atoms. The summed E-state index contributed by atoms with van der Waals surface area (Å²) in [4.78, 5) is 58.1. The molecule has 8 aliphatic carbocycles. The molecule has 0 heterocycles. The molecule has 71 heavy (non-hydrogen) atoms. The van der Waals surface area contributed by atoms with Crippen molar-refractivity contribution in [2.45, 2.75) is 235 Å². The van der Waals surface area contributed by atoms with Crippen LogP contribution < -0.4 is 5.73 Å². The summed E-state index contributed by atoms with van der Waals surface area (Å²) in [5.74, 6) is 7.06. The van der Waals surface area contributed by atoms with Crippen LogP contribution in [0, 0.1) is 105 Å². The molecule has 8 fully saturated rings. The van der Waals surface area contributed by atoms with Crippen LogP contribution in [0.2, 0.25) is 0 Å². The van der Waals surface area contributed by atoms with Gasteiger partial charge in [-0.15, -0.1) is 0 Å². The van der Waals surface area contributed by atoms with Gasteiger partial charge in [-0.1, -0.05) is 55.4 Å². The molecule has 0 amide bonds. The van der Waals surface area contributed by atoms with E-state index in [1.807, 2.05) is 20.8 Å². The minimum absolute atomic E-state index is 0.00915. The average Bonchev–Trinajstić information content (AvgIpc) is 3.86. The van der Waals surface area contributed by atoms with Crippen LogP contribution in [0.15, 0.2) is 0 Å². The number of hydrogen-bond acceptors (Lipinski definition) is 11. The standard InChI is InChI=1S/C33H54O6.C27H45NO4/c1-8-23-27-18-22(37-19-34)14-16-33(27,7)26-15-17-32(6)24(12-13-25(32)29(26)30(23)38-20-35)21(2)10-9-11-28(36)39-31(3,4)5;1-5-19-23-14-18(31-15-29)8-11-27(23,4)22-9-12-26(3)20(17(2)10-13-28)6-7-21(26)24(22)25(19)32-16-30/h19-27,29-30H,8-18H2,1-7H3;15-25H,5-14,28H2,1-4H3/t21-,22-,23-,24?,25+,26+,27?,29+,30-,32?,33?;17-,18-,19-,20?,21+,22+,23?,24+,25-,26?,27?/m11/s1. The summed E-state index contributed by atoms with van der Waals surface area (Å²) < 4.78 is 28.6. The zero-order valence-corrected chi connectivity index (χ0v) is 46.2. The Morgan fingerprint density at radius 1 is 0.563 bits per heavy atom. The van der Waals surface area contributed by atoms with Crippen LogP contribution in [-0.2, 0) is 47.7 Å². The first kappa shape index (κ1) is 56.0. The lowest BCUT2D eigenvalue weighted by Crippen LogP contribution is -2.62. The smallest absolute Gasteiger partial charge is 0.306 e. The molecule has 0 aromatic heterocycles. The highest BCUT2D eigenvalue weighted by Crippen LogP contribution is 2.72. The highest BCUT2D eigenvalue weighted by molar-refractivity contribution is 5.69. The van der Waals surface area contributed by atoms with Crippen molar-refractivity contribution in [1.82, 2.24) is 0 Å². The van der Waals surface area contributed by atoms with Crippen molar-refractivity contribution in [2.24, 2.45) is 110 Å². The molecule has 0 saturated heterocycles. The van der Waals surface area contributed by atoms with E-state index in [4.69, 9.17) is 29.4 Å². The number of carbonyl (C=O) groups excluding carboxylic acids is 5. The van der Waals surface area contributed by atoms with E-state index in [0.29, 0.717) is 115 Å². The molecular weight excluding hydrogens is 895 g/mol. The molecule has 2 N–H and O–H groups in total. The lowest BCUT2D eigenvalue weighted by Gasteiger charge is -2.65. The number of rotatable bonds is 18. The zero-order valence-electron chi connectivity index (χ0n) is 46.2. The maximum Gasteiger partial charge on any atom is 0.306 e. The van der Waals surface area contributed by atoms with Crippen molar-refractivity contribution in [1.29, 1.82) is 0 Å². The first-order valence-corrected chi connectivity index (χ1v) is 29.0. The molecule has 0 aromatic rings. The Kier molecular flexibility index (Phi) is 17.9. The molecular formula is C60H99NO10. The summed E-state index contributed by atoms with van der Waals surface area (Å²) in [6.45, 7) is 28.5. The summed E-state index contributed by atoms with van der Waals surface area (Å²) in [5.41, 5.74) is 6.49. The minimum Gasteiger partial charge on any atom is -0.465 e. The summed E-state index contributed by atoms with van der Waals surface area (Å²) in [6.07, 6.45) is 21.2. The third-order valence-electron chi connectivity index (χ3n) is 23.2. The SMILES string of the molecule is CC[C@@H]1C2C[C@H](OC=O)CCC2(C)[C@H]2CCC3(C)C([C@H](C)CCCC(=O)OC(C)(C)C)CC[C@H]3[C@@H]2[C@@H]1OC=O.CC[C@@H]1C2C[C@H](OC=O)CCC2(C)[C@H]2CCC3(C)C([C@H](C)CCN)CC[C@H]3[C@@H]2[C@@H]1OC=O. The second kappa shape index (κ2) is 22.7. The number of ether oxygens (including phenoxy) is 5. The number of hydrogen-bond donors (Lipinski definition) is 1. The average molecular weight is 994 g/mol. The molecule has 8 unspecified atom stereocenters. The van der Waals surface area contributed by atoms with E-state index >= 15 is 0 Å². The Balaban J connectivity index is 0.000000213. The molecule has 8 aliphatic rings. The third kappa shape index (κ3) is 10.5. The summed E-state index contributed by atoms with van der Waals surface area (Å²) in [6, 6.07) is 0. The Bertz CT molecular complexity index is 1820. The van der Waals surface area contributed by atoms with Crippen molar-refractivity contribution in [3.05, 3.63) is 0 Å². The van der Waals surface area contributed by atoms with E-state index in [-0.39, 0.29) is 46.6 Å². The van der Waals surface area contributed by atoms with E-state index < -0.39 is 5.60 Å². The third-order valence-corrected chi connectivity index (χ3v) is 23.2. The van der Waals surface area contributed by atoms with Crippen molar-refractivity contribution < 1.29 is 47.7 Å². The van der Waals surface area contributed by atoms with E-state index in [1.54, 1.807) is 0 Å². The van der Waals surface area contributed by atoms with Crippen molar-refractivity contribution in [3.63, 3.8) is 0 Å². The fraction of sp³-hybridized carbons (Fsp3) is 0.917. The highest BCUT2D eigenvalue weighted by Gasteiger charge is 2.68. The van der Waals surface area contributed by atoms with Gasteiger partial charge in [-0.25, -0.2) is 0 Å². The molecule has 11 heteroatoms. The Morgan fingerprint density at radius 2 is 0.958 bits per heavy atom. The molecule has 0 radical (unpaired) electrons. The molecule has 8 rings (SSSR count). The van der Waals surface area contributed by atoms with Gasteiger partial charge >= 0.3 is 5.97 Å². The second-order valence-electron chi connectivity index (χ2n) is 27.1. The maximum atomic E-state index is 12.3. The highest BCUT2D eigenvalue weighted by atomic mass is 16.6. The Labute approximate surface area is 429 Å². The minimum atomic E-state index is -0.430. The fourth-order valence-corrected chi connectivity index (χ4v) is 20.3. The van der Waals surface area contributed by atoms with E-state index in [2.05, 4.69) is 55.4 Å². The van der Waals surface area contributed by atoms with Crippen LogP contribution >= 0.6 is 0 Å². The quantitative estimate of drug-likeness (QED) is 0.0791. The van der Waals surface area contributed by atoms with Gasteiger partial charge in [0, 0.05) is 18.3 Å². The van der Waals surface area contributed by atoms with Gasteiger partial charge in [0.1, 0.15) is 30.0 Å². The van der Waals surface area contributed by atoms with Crippen molar-refractivity contribution >= 4 is 31.9 Å². The fourth-order valence-electron chi connectivity index (χ4n) is 20.3. The second-order valence-corrected chi connectivity index (χ2v) is 27.1. The summed E-state index contributed by atoms with van der Waals surface area (Å²) in [5, 5.41) is 0. The van der Waals surface area contributed by atoms with Gasteiger partial charge in [0.05, 0.1) is 0 Å². The van der Waals surface area contributed by atoms with Gasteiger partial charge in [0.25, 0.3) is 25.9 Å². The molecule has 22 atom stereocenters. The van der Waals surface area contributed by atoms with Crippen LogP contribution in [0.25, 0.3) is 0 Å². The van der Waals surface area contributed by atoms with Crippen LogP contribution in [0.3, 0.4) is 0 Å². The zero-order chi connectivity index (χ0) is 51.7. The number of fused-ring (bicyclic) bond motifs is 10. The van der Waals surface area contributed by atoms with Crippen molar-refractivity contribution in [3.8, 4) is 0 Å². The van der Waals surface area contributed by atoms with E-state index in [9.17, 15) is 24.0 Å². The number of carbonyl (C=O) groups is 5. The Hall–Kier alpha value is -2.69. The molecule has 0 aliphatic heterocycles. The van der Waals surface area contributed by atoms with Gasteiger partial charge in [-0.2, -0.15) is 0 Å². The van der Waals surface area contributed by atoms with Gasteiger partial charge in [0.2, 0.25) is 0 Å². The molecule has 404 valence electrons. The van der Waals surface area contributed by atoms with Crippen LogP contribution in [0.1, 0.15) is 205 Å². The predicted octanol–water partition coefficient (Wildman–Crippen LogP) is 12.1. The van der Waals surface area contributed by atoms with Gasteiger partial charge in [-0.3, -0.25) is 24.0 Å². The lowest BCUT2D eigenvalue weighted by molar-refractivity contribution is -0.213. The normalized spacial score (nSPS) is 45.2. The lowest BCUT2D eigenvalue weighted by atomic mass is 9.41. The van der Waals surface area contributed by atoms with Crippen LogP contribution in [-0.4, -0.2) is 68.4 Å². The van der Waals surface area contributed by atoms with Gasteiger partial charge in [0.15, 0.2) is 0 Å². The summed E-state index contributed by atoms with van der Waals surface area (Å²) >= 11 is 0. The molecule has 11 nitrogen and oxygen atoms in total. The van der Waals surface area contributed by atoms with Crippen LogP contribution in [0.5, 0.6) is 0 Å². The first-order valence-electron chi connectivity index (χ1n) is 29.0. The van der Waals surface area contributed by atoms with E-state index in [0.717, 1.165) is 83.1 Å². The van der Waals surface area contributed by atoms with Gasteiger partial charge < -0.3 is 29.4 Å². The predicted molar refractivity (Wildman–Crippen MR) is 275 cm³/mol. The largest absolute Gasteiger partial charge is 0.465 e. The number of esters is 1. The molecule has 0 bridgehead atoms. The number of nitrogens with two attached hydrogens (primary N) is 1. The van der Waals surface area contributed by atoms with E-state index in [1.165, 1.54) is 51.4 Å². The monoisotopic (exact) mass is 994 g/mol. The van der Waals surface area contributed by atoms with Gasteiger partial charge in [-0.05, 0) is 242 Å².